The number of carbonyl (C=O) groups is 2. The number of nitrogens with two attached hydrogens (primary N) is 2. The maximum atomic E-state index is 11.5. The average molecular weight is 579 g/mol. The topological polar surface area (TPSA) is 147 Å². The summed E-state index contributed by atoms with van der Waals surface area (Å²) >= 11 is 0. The van der Waals surface area contributed by atoms with Crippen LogP contribution in [0.15, 0.2) is 0 Å². The molecule has 0 aliphatic rings. The standard InChI is InChI=1S/C15H30O3.C12H27N3O3.C3H9N/c1-4-6-9-15(16)10-7-8-14(3)13-18-12-11-17-5-2;1-10(13)8-17-6-7-18-9-11(2)15-5-4-12(16)14-3;1-3(2)4/h14H,4-13H2,1-3H3;10-11,15H,4-9,13H2,1-3H3,(H,14,16);3H,4H2,1-2H3. The van der Waals surface area contributed by atoms with Gasteiger partial charge in [-0.15, -0.1) is 0 Å². The predicted molar refractivity (Wildman–Crippen MR) is 166 cm³/mol. The third-order valence-electron chi connectivity index (χ3n) is 5.18. The van der Waals surface area contributed by atoms with Gasteiger partial charge in [0.1, 0.15) is 5.78 Å². The normalized spacial score (nSPS) is 13.0. The van der Waals surface area contributed by atoms with E-state index in [9.17, 15) is 9.59 Å². The second-order valence-corrected chi connectivity index (χ2v) is 10.6. The molecule has 0 spiro atoms. The van der Waals surface area contributed by atoms with Crippen molar-refractivity contribution in [3.63, 3.8) is 0 Å². The van der Waals surface area contributed by atoms with Crippen LogP contribution in [0.1, 0.15) is 93.4 Å². The fourth-order valence-corrected chi connectivity index (χ4v) is 3.04. The molecule has 0 saturated carbocycles. The number of carbonyl (C=O) groups excluding carboxylic acids is 2. The molecular formula is C30H66N4O6. The van der Waals surface area contributed by atoms with E-state index >= 15 is 0 Å². The van der Waals surface area contributed by atoms with Crippen molar-refractivity contribution in [3.8, 4) is 0 Å². The van der Waals surface area contributed by atoms with E-state index in [1.807, 2.05) is 34.6 Å². The fraction of sp³-hybridized carbons (Fsp3) is 0.933. The van der Waals surface area contributed by atoms with Crippen molar-refractivity contribution in [2.24, 2.45) is 17.4 Å². The second kappa shape index (κ2) is 34.1. The van der Waals surface area contributed by atoms with Crippen LogP contribution in [0.25, 0.3) is 0 Å². The monoisotopic (exact) mass is 578 g/mol. The number of rotatable bonds is 24. The Bertz CT molecular complexity index is 536. The second-order valence-electron chi connectivity index (χ2n) is 10.6. The Morgan fingerprint density at radius 1 is 0.750 bits per heavy atom. The number of unbranched alkanes of at least 4 members (excludes halogenated alkanes) is 1. The molecule has 0 aliphatic heterocycles. The summed E-state index contributed by atoms with van der Waals surface area (Å²) < 4.78 is 21.4. The Morgan fingerprint density at radius 3 is 1.80 bits per heavy atom. The van der Waals surface area contributed by atoms with Crippen molar-refractivity contribution in [2.75, 3.05) is 66.4 Å². The van der Waals surface area contributed by atoms with Gasteiger partial charge in [-0.25, -0.2) is 0 Å². The van der Waals surface area contributed by atoms with E-state index in [1.165, 1.54) is 0 Å². The lowest BCUT2D eigenvalue weighted by molar-refractivity contribution is -0.120. The summed E-state index contributed by atoms with van der Waals surface area (Å²) in [5.74, 6) is 0.992. The first-order valence-corrected chi connectivity index (χ1v) is 15.3. The molecule has 10 nitrogen and oxygen atoms in total. The Morgan fingerprint density at radius 2 is 1.27 bits per heavy atom. The molecule has 6 N–H and O–H groups in total. The molecule has 242 valence electrons. The molecule has 3 unspecified atom stereocenters. The van der Waals surface area contributed by atoms with Gasteiger partial charge in [-0.2, -0.15) is 0 Å². The molecule has 0 radical (unpaired) electrons. The number of Topliss-reactive ketones (excluding diaryl/α,β-unsaturated/α-hetero) is 1. The van der Waals surface area contributed by atoms with Gasteiger partial charge >= 0.3 is 0 Å². The SMILES string of the molecule is CC(C)N.CCCCC(=O)CCCC(C)COCCOCC.CNC(=O)CCNC(C)COCCOCC(C)N. The van der Waals surface area contributed by atoms with E-state index in [-0.39, 0.29) is 18.0 Å². The van der Waals surface area contributed by atoms with Gasteiger partial charge in [-0.3, -0.25) is 9.59 Å². The Balaban J connectivity index is -0.000000603. The molecule has 10 heteroatoms. The predicted octanol–water partition coefficient (Wildman–Crippen LogP) is 3.44. The van der Waals surface area contributed by atoms with E-state index in [2.05, 4.69) is 24.5 Å². The first kappa shape index (κ1) is 43.3. The molecule has 3 atom stereocenters. The summed E-state index contributed by atoms with van der Waals surface area (Å²) in [6.07, 6.45) is 6.20. The largest absolute Gasteiger partial charge is 0.379 e. The van der Waals surface area contributed by atoms with Crippen LogP contribution in [0.4, 0.5) is 0 Å². The molecule has 0 rings (SSSR count). The highest BCUT2D eigenvalue weighted by Crippen LogP contribution is 2.10. The van der Waals surface area contributed by atoms with Crippen LogP contribution in [0, 0.1) is 5.92 Å². The highest BCUT2D eigenvalue weighted by atomic mass is 16.5. The highest BCUT2D eigenvalue weighted by Gasteiger charge is 2.06. The maximum Gasteiger partial charge on any atom is 0.221 e. The molecule has 0 aromatic rings. The van der Waals surface area contributed by atoms with Crippen molar-refractivity contribution < 1.29 is 28.5 Å². The zero-order chi connectivity index (χ0) is 31.0. The van der Waals surface area contributed by atoms with Crippen LogP contribution in [-0.2, 0) is 28.5 Å². The molecule has 40 heavy (non-hydrogen) atoms. The third-order valence-corrected chi connectivity index (χ3v) is 5.18. The van der Waals surface area contributed by atoms with Crippen molar-refractivity contribution in [2.45, 2.75) is 112 Å². The quantitative estimate of drug-likeness (QED) is 0.126. The number of hydrogen-bond acceptors (Lipinski definition) is 9. The number of ketones is 1. The van der Waals surface area contributed by atoms with Crippen molar-refractivity contribution in [1.82, 2.24) is 10.6 Å². The number of hydrogen-bond donors (Lipinski definition) is 4. The van der Waals surface area contributed by atoms with Gasteiger partial charge in [0.05, 0.1) is 39.6 Å². The summed E-state index contributed by atoms with van der Waals surface area (Å²) in [6.45, 7) is 19.9. The van der Waals surface area contributed by atoms with E-state index < -0.39 is 0 Å². The third kappa shape index (κ3) is 43.9. The lowest BCUT2D eigenvalue weighted by Gasteiger charge is -2.14. The summed E-state index contributed by atoms with van der Waals surface area (Å²) in [5, 5.41) is 5.79. The minimum Gasteiger partial charge on any atom is -0.379 e. The average Bonchev–Trinajstić information content (AvgIpc) is 2.89. The molecule has 0 heterocycles. The van der Waals surface area contributed by atoms with E-state index in [1.54, 1.807) is 7.05 Å². The Labute approximate surface area is 246 Å². The zero-order valence-electron chi connectivity index (χ0n) is 27.2. The van der Waals surface area contributed by atoms with Crippen LogP contribution in [0.3, 0.4) is 0 Å². The van der Waals surface area contributed by atoms with Crippen LogP contribution < -0.4 is 22.1 Å². The smallest absolute Gasteiger partial charge is 0.221 e. The van der Waals surface area contributed by atoms with Crippen LogP contribution in [0.5, 0.6) is 0 Å². The van der Waals surface area contributed by atoms with Crippen LogP contribution in [-0.4, -0.2) is 96.3 Å². The summed E-state index contributed by atoms with van der Waals surface area (Å²) in [5.41, 5.74) is 10.6. The van der Waals surface area contributed by atoms with E-state index in [4.69, 9.17) is 30.4 Å². The zero-order valence-corrected chi connectivity index (χ0v) is 27.2. The van der Waals surface area contributed by atoms with E-state index in [0.29, 0.717) is 70.3 Å². The molecule has 0 bridgehead atoms. The first-order valence-electron chi connectivity index (χ1n) is 15.3. The summed E-state index contributed by atoms with van der Waals surface area (Å²) in [6, 6.07) is 0.624. The van der Waals surface area contributed by atoms with Crippen molar-refractivity contribution in [3.05, 3.63) is 0 Å². The number of ether oxygens (including phenoxy) is 4. The number of amides is 1. The van der Waals surface area contributed by atoms with Gasteiger partial charge in [-0.05, 0) is 52.0 Å². The maximum absolute atomic E-state index is 11.5. The molecule has 0 aliphatic carbocycles. The Hall–Kier alpha value is -1.14. The fourth-order valence-electron chi connectivity index (χ4n) is 3.04. The van der Waals surface area contributed by atoms with Gasteiger partial charge in [0, 0.05) is 58.2 Å². The molecule has 0 fully saturated rings. The molecule has 0 aromatic carbocycles. The van der Waals surface area contributed by atoms with Gasteiger partial charge in [0.25, 0.3) is 0 Å². The molecule has 1 amide bonds. The van der Waals surface area contributed by atoms with Crippen molar-refractivity contribution in [1.29, 1.82) is 0 Å². The minimum atomic E-state index is 0.0416. The van der Waals surface area contributed by atoms with Gasteiger partial charge < -0.3 is 41.0 Å². The first-order chi connectivity index (χ1) is 19.0. The molecule has 0 saturated heterocycles. The minimum absolute atomic E-state index is 0.0416. The van der Waals surface area contributed by atoms with Gasteiger partial charge in [-0.1, -0.05) is 34.1 Å². The summed E-state index contributed by atoms with van der Waals surface area (Å²) in [7, 11) is 1.64. The van der Waals surface area contributed by atoms with E-state index in [0.717, 1.165) is 51.7 Å². The number of nitrogens with one attached hydrogen (secondary N) is 2. The molecule has 0 aromatic heterocycles. The van der Waals surface area contributed by atoms with Crippen LogP contribution >= 0.6 is 0 Å². The Kier molecular flexibility index (Phi) is 36.9. The molecular weight excluding hydrogens is 512 g/mol. The lowest BCUT2D eigenvalue weighted by Crippen LogP contribution is -2.34. The summed E-state index contributed by atoms with van der Waals surface area (Å²) in [4.78, 5) is 22.4. The van der Waals surface area contributed by atoms with Gasteiger partial charge in [0.15, 0.2) is 0 Å². The van der Waals surface area contributed by atoms with Crippen LogP contribution in [0.2, 0.25) is 0 Å². The van der Waals surface area contributed by atoms with Crippen molar-refractivity contribution >= 4 is 11.7 Å². The van der Waals surface area contributed by atoms with Gasteiger partial charge in [0.2, 0.25) is 5.91 Å². The highest BCUT2D eigenvalue weighted by molar-refractivity contribution is 5.78. The lowest BCUT2D eigenvalue weighted by atomic mass is 10.0.